The summed E-state index contributed by atoms with van der Waals surface area (Å²) in [4.78, 5) is 4.15. The van der Waals surface area contributed by atoms with Crippen molar-refractivity contribution in [2.24, 2.45) is 5.92 Å². The first-order valence-corrected chi connectivity index (χ1v) is 8.48. The fourth-order valence-corrected chi connectivity index (χ4v) is 4.37. The van der Waals surface area contributed by atoms with Gasteiger partial charge in [-0.25, -0.2) is 8.42 Å². The zero-order valence-electron chi connectivity index (χ0n) is 11.8. The van der Waals surface area contributed by atoms with E-state index in [1.807, 2.05) is 6.07 Å². The van der Waals surface area contributed by atoms with Crippen LogP contribution in [0.4, 0.5) is 0 Å². The highest BCUT2D eigenvalue weighted by Gasteiger charge is 2.37. The lowest BCUT2D eigenvalue weighted by Crippen LogP contribution is -2.40. The molecule has 0 radical (unpaired) electrons. The van der Waals surface area contributed by atoms with Crippen molar-refractivity contribution < 1.29 is 12.8 Å². The monoisotopic (exact) mass is 306 g/mol. The number of hydrogen-bond acceptors (Lipinski definition) is 4. The van der Waals surface area contributed by atoms with Crippen LogP contribution in [0.15, 0.2) is 52.2 Å². The Balaban J connectivity index is 1.99. The third-order valence-corrected chi connectivity index (χ3v) is 5.82. The summed E-state index contributed by atoms with van der Waals surface area (Å²) in [6, 6.07) is 6.62. The number of sulfonamides is 1. The molecule has 0 bridgehead atoms. The van der Waals surface area contributed by atoms with Gasteiger partial charge >= 0.3 is 0 Å². The van der Waals surface area contributed by atoms with Crippen LogP contribution in [0.5, 0.6) is 0 Å². The molecule has 3 rings (SSSR count). The molecule has 0 unspecified atom stereocenters. The molecule has 1 aliphatic heterocycles. The van der Waals surface area contributed by atoms with Crippen LogP contribution in [-0.2, 0) is 10.0 Å². The van der Waals surface area contributed by atoms with E-state index < -0.39 is 10.0 Å². The van der Waals surface area contributed by atoms with E-state index in [0.717, 1.165) is 12.8 Å². The van der Waals surface area contributed by atoms with Gasteiger partial charge in [0.25, 0.3) is 0 Å². The Morgan fingerprint density at radius 2 is 2.19 bits per heavy atom. The zero-order valence-corrected chi connectivity index (χ0v) is 12.7. The van der Waals surface area contributed by atoms with Crippen molar-refractivity contribution in [1.29, 1.82) is 0 Å². The summed E-state index contributed by atoms with van der Waals surface area (Å²) in [6.45, 7) is 2.65. The van der Waals surface area contributed by atoms with Crippen molar-refractivity contribution in [3.63, 3.8) is 0 Å². The minimum atomic E-state index is -3.55. The second-order valence-corrected chi connectivity index (χ2v) is 7.36. The van der Waals surface area contributed by atoms with Crippen LogP contribution < -0.4 is 0 Å². The van der Waals surface area contributed by atoms with Gasteiger partial charge in [0.2, 0.25) is 10.0 Å². The summed E-state index contributed by atoms with van der Waals surface area (Å²) in [5.41, 5.74) is 0. The summed E-state index contributed by atoms with van der Waals surface area (Å²) >= 11 is 0. The van der Waals surface area contributed by atoms with Crippen molar-refractivity contribution in [2.45, 2.75) is 30.7 Å². The van der Waals surface area contributed by atoms with Crippen molar-refractivity contribution in [1.82, 2.24) is 9.29 Å². The highest BCUT2D eigenvalue weighted by atomic mass is 32.2. The molecule has 0 spiro atoms. The normalized spacial score (nSPS) is 24.0. The van der Waals surface area contributed by atoms with Gasteiger partial charge in [-0.1, -0.05) is 6.92 Å². The molecule has 1 saturated heterocycles. The van der Waals surface area contributed by atoms with Crippen LogP contribution in [-0.4, -0.2) is 24.3 Å². The van der Waals surface area contributed by atoms with E-state index in [2.05, 4.69) is 11.9 Å². The molecule has 0 amide bonds. The maximum atomic E-state index is 12.8. The Morgan fingerprint density at radius 3 is 2.86 bits per heavy atom. The maximum Gasteiger partial charge on any atom is 0.245 e. The highest BCUT2D eigenvalue weighted by molar-refractivity contribution is 7.89. The number of piperidine rings is 1. The molecule has 1 aliphatic rings. The Hall–Kier alpha value is -1.66. The second-order valence-electron chi connectivity index (χ2n) is 5.47. The summed E-state index contributed by atoms with van der Waals surface area (Å²) in [5, 5.41) is 0. The third kappa shape index (κ3) is 2.73. The minimum absolute atomic E-state index is 0.233. The largest absolute Gasteiger partial charge is 0.468 e. The molecule has 6 heteroatoms. The van der Waals surface area contributed by atoms with E-state index in [1.54, 1.807) is 35.0 Å². The average molecular weight is 306 g/mol. The van der Waals surface area contributed by atoms with Gasteiger partial charge in [0.05, 0.1) is 12.3 Å². The molecule has 2 aromatic rings. The Kier molecular flexibility index (Phi) is 3.82. The Labute approximate surface area is 124 Å². The van der Waals surface area contributed by atoms with E-state index in [9.17, 15) is 8.42 Å². The summed E-state index contributed by atoms with van der Waals surface area (Å²) in [7, 11) is -3.55. The van der Waals surface area contributed by atoms with Crippen molar-refractivity contribution in [3.05, 3.63) is 48.7 Å². The summed E-state index contributed by atoms with van der Waals surface area (Å²) in [5.74, 6) is 1.18. The van der Waals surface area contributed by atoms with Gasteiger partial charge in [0.1, 0.15) is 10.7 Å². The number of furan rings is 1. The van der Waals surface area contributed by atoms with Crippen LogP contribution in [0.25, 0.3) is 0 Å². The fourth-order valence-electron chi connectivity index (χ4n) is 2.78. The molecule has 1 fully saturated rings. The van der Waals surface area contributed by atoms with Crippen LogP contribution in [0.3, 0.4) is 0 Å². The van der Waals surface area contributed by atoms with Gasteiger partial charge in [-0.15, -0.1) is 0 Å². The number of aromatic nitrogens is 1. The lowest BCUT2D eigenvalue weighted by atomic mass is 9.93. The predicted molar refractivity (Wildman–Crippen MR) is 78.0 cm³/mol. The van der Waals surface area contributed by atoms with Crippen LogP contribution in [0.2, 0.25) is 0 Å². The van der Waals surface area contributed by atoms with Crippen LogP contribution in [0.1, 0.15) is 31.6 Å². The molecule has 2 aromatic heterocycles. The van der Waals surface area contributed by atoms with E-state index in [0.29, 0.717) is 18.2 Å². The molecule has 5 nitrogen and oxygen atoms in total. The maximum absolute atomic E-state index is 12.8. The Morgan fingerprint density at radius 1 is 1.33 bits per heavy atom. The first-order chi connectivity index (χ1) is 10.1. The van der Waals surface area contributed by atoms with Gasteiger partial charge in [-0.05, 0) is 43.0 Å². The lowest BCUT2D eigenvalue weighted by molar-refractivity contribution is 0.185. The molecule has 0 N–H and O–H groups in total. The lowest BCUT2D eigenvalue weighted by Gasteiger charge is -2.36. The fraction of sp³-hybridized carbons (Fsp3) is 0.400. The molecule has 0 saturated carbocycles. The van der Waals surface area contributed by atoms with Gasteiger partial charge in [-0.2, -0.15) is 4.31 Å². The second kappa shape index (κ2) is 5.61. The van der Waals surface area contributed by atoms with Gasteiger partial charge in [0, 0.05) is 18.9 Å². The molecule has 0 aliphatic carbocycles. The van der Waals surface area contributed by atoms with E-state index >= 15 is 0 Å². The number of hydrogen-bond donors (Lipinski definition) is 0. The van der Waals surface area contributed by atoms with Gasteiger partial charge in [-0.3, -0.25) is 4.98 Å². The zero-order chi connectivity index (χ0) is 14.9. The SMILES string of the molecule is C[C@@H]1CCN(S(=O)(=O)c2cccnc2)[C@@H](c2ccco2)C1. The smallest absolute Gasteiger partial charge is 0.245 e. The molecule has 2 atom stereocenters. The molecular formula is C15H18N2O3S. The quantitative estimate of drug-likeness (QED) is 0.874. The van der Waals surface area contributed by atoms with Crippen LogP contribution >= 0.6 is 0 Å². The first kappa shape index (κ1) is 14.3. The van der Waals surface area contributed by atoms with E-state index in [-0.39, 0.29) is 10.9 Å². The van der Waals surface area contributed by atoms with E-state index in [1.165, 1.54) is 6.20 Å². The number of rotatable bonds is 3. The topological polar surface area (TPSA) is 63.4 Å². The molecular weight excluding hydrogens is 288 g/mol. The average Bonchev–Trinajstić information content (AvgIpc) is 3.02. The first-order valence-electron chi connectivity index (χ1n) is 7.04. The summed E-state index contributed by atoms with van der Waals surface area (Å²) in [6.07, 6.45) is 6.18. The van der Waals surface area contributed by atoms with E-state index in [4.69, 9.17) is 4.42 Å². The van der Waals surface area contributed by atoms with Gasteiger partial charge in [0.15, 0.2) is 0 Å². The van der Waals surface area contributed by atoms with Crippen molar-refractivity contribution in [3.8, 4) is 0 Å². The number of nitrogens with zero attached hydrogens (tertiary/aromatic N) is 2. The van der Waals surface area contributed by atoms with Crippen LogP contribution in [0, 0.1) is 5.92 Å². The minimum Gasteiger partial charge on any atom is -0.468 e. The third-order valence-electron chi connectivity index (χ3n) is 3.93. The molecule has 21 heavy (non-hydrogen) atoms. The number of pyridine rings is 1. The standard InChI is InChI=1S/C15H18N2O3S/c1-12-6-8-17(14(10-12)15-5-3-9-20-15)21(18,19)13-4-2-7-16-11-13/h2-5,7,9,11-12,14H,6,8,10H2,1H3/t12-,14-/m1/s1. The molecule has 112 valence electrons. The molecule has 3 heterocycles. The predicted octanol–water partition coefficient (Wildman–Crippen LogP) is 2.84. The van der Waals surface area contributed by atoms with Crippen molar-refractivity contribution in [2.75, 3.05) is 6.54 Å². The van der Waals surface area contributed by atoms with Crippen molar-refractivity contribution >= 4 is 10.0 Å². The molecule has 0 aromatic carbocycles. The summed E-state index contributed by atoms with van der Waals surface area (Å²) < 4.78 is 32.7. The van der Waals surface area contributed by atoms with Gasteiger partial charge < -0.3 is 4.42 Å². The Bertz CT molecular complexity index is 683. The highest BCUT2D eigenvalue weighted by Crippen LogP contribution is 2.37.